The number of amides is 1. The van der Waals surface area contributed by atoms with Gasteiger partial charge in [-0.1, -0.05) is 37.3 Å². The number of ether oxygens (including phenoxy) is 1. The van der Waals surface area contributed by atoms with E-state index in [1.165, 1.54) is 12.0 Å². The van der Waals surface area contributed by atoms with Gasteiger partial charge in [0.15, 0.2) is 0 Å². The van der Waals surface area contributed by atoms with Gasteiger partial charge in [0.25, 0.3) is 0 Å². The van der Waals surface area contributed by atoms with E-state index in [0.717, 1.165) is 44.2 Å². The molecule has 0 spiro atoms. The van der Waals surface area contributed by atoms with Gasteiger partial charge in [-0.2, -0.15) is 11.8 Å². The Morgan fingerprint density at radius 2 is 2.21 bits per heavy atom. The van der Waals surface area contributed by atoms with E-state index in [1.54, 1.807) is 0 Å². The fourth-order valence-corrected chi connectivity index (χ4v) is 4.20. The molecule has 1 amide bonds. The average Bonchev–Trinajstić information content (AvgIpc) is 3.42. The number of nitrogens with one attached hydrogen (secondary N) is 1. The molecule has 5 heteroatoms. The maximum absolute atomic E-state index is 12.9. The second-order valence-electron chi connectivity index (χ2n) is 6.95. The van der Waals surface area contributed by atoms with Crippen LogP contribution in [0.2, 0.25) is 0 Å². The molecule has 3 unspecified atom stereocenters. The first-order valence-corrected chi connectivity index (χ1v) is 10.1. The largest absolute Gasteiger partial charge is 0.372 e. The minimum Gasteiger partial charge on any atom is -0.372 e. The van der Waals surface area contributed by atoms with Crippen LogP contribution < -0.4 is 5.32 Å². The maximum atomic E-state index is 12.9. The zero-order valence-electron chi connectivity index (χ0n) is 14.4. The van der Waals surface area contributed by atoms with Crippen molar-refractivity contribution in [3.05, 3.63) is 35.9 Å². The van der Waals surface area contributed by atoms with Gasteiger partial charge in [-0.3, -0.25) is 4.79 Å². The molecule has 0 aromatic heterocycles. The highest BCUT2D eigenvalue weighted by atomic mass is 32.2. The summed E-state index contributed by atoms with van der Waals surface area (Å²) in [4.78, 5) is 15.0. The molecule has 2 saturated heterocycles. The van der Waals surface area contributed by atoms with E-state index in [9.17, 15) is 4.79 Å². The Morgan fingerprint density at radius 1 is 1.42 bits per heavy atom. The quantitative estimate of drug-likeness (QED) is 0.733. The Hall–Kier alpha value is -1.04. The summed E-state index contributed by atoms with van der Waals surface area (Å²) in [5.74, 6) is 2.64. The molecule has 1 N–H and O–H groups in total. The molecule has 0 bridgehead atoms. The zero-order valence-corrected chi connectivity index (χ0v) is 15.3. The third-order valence-electron chi connectivity index (χ3n) is 4.66. The Labute approximate surface area is 149 Å². The molecule has 2 heterocycles. The fourth-order valence-electron chi connectivity index (χ4n) is 3.16. The first kappa shape index (κ1) is 17.8. The lowest BCUT2D eigenvalue weighted by atomic mass is 10.00. The van der Waals surface area contributed by atoms with Crippen molar-refractivity contribution in [3.8, 4) is 0 Å². The number of epoxide rings is 1. The lowest BCUT2D eigenvalue weighted by Gasteiger charge is -2.33. The van der Waals surface area contributed by atoms with E-state index in [-0.39, 0.29) is 11.9 Å². The molecule has 0 saturated carbocycles. The van der Waals surface area contributed by atoms with E-state index < -0.39 is 0 Å². The van der Waals surface area contributed by atoms with Crippen LogP contribution >= 0.6 is 11.8 Å². The summed E-state index contributed by atoms with van der Waals surface area (Å²) >= 11 is 1.83. The first-order chi connectivity index (χ1) is 11.7. The first-order valence-electron chi connectivity index (χ1n) is 8.98. The number of hydrogen-bond acceptors (Lipinski definition) is 4. The zero-order chi connectivity index (χ0) is 16.8. The van der Waals surface area contributed by atoms with Gasteiger partial charge in [0.2, 0.25) is 5.91 Å². The second-order valence-corrected chi connectivity index (χ2v) is 7.98. The SMILES string of the molecule is CC1CCCN(C(=O)C(CSCc2ccccc2)NCC2CO2)C1. The Balaban J connectivity index is 1.52. The molecule has 2 aliphatic heterocycles. The molecule has 2 aliphatic rings. The molecule has 24 heavy (non-hydrogen) atoms. The van der Waals surface area contributed by atoms with Gasteiger partial charge in [-0.15, -0.1) is 0 Å². The summed E-state index contributed by atoms with van der Waals surface area (Å²) in [6.45, 7) is 5.66. The molecular weight excluding hydrogens is 320 g/mol. The van der Waals surface area contributed by atoms with Crippen LogP contribution in [0.15, 0.2) is 30.3 Å². The molecule has 0 aliphatic carbocycles. The molecule has 1 aromatic rings. The summed E-state index contributed by atoms with van der Waals surface area (Å²) in [7, 11) is 0. The van der Waals surface area contributed by atoms with Gasteiger partial charge in [0.1, 0.15) is 0 Å². The Kier molecular flexibility index (Phi) is 6.58. The van der Waals surface area contributed by atoms with Crippen LogP contribution in [0.5, 0.6) is 0 Å². The number of carbonyl (C=O) groups excluding carboxylic acids is 1. The highest BCUT2D eigenvalue weighted by molar-refractivity contribution is 7.98. The van der Waals surface area contributed by atoms with Crippen molar-refractivity contribution >= 4 is 17.7 Å². The molecule has 4 nitrogen and oxygen atoms in total. The normalized spacial score (nSPS) is 24.6. The van der Waals surface area contributed by atoms with Crippen molar-refractivity contribution in [1.82, 2.24) is 10.2 Å². The van der Waals surface area contributed by atoms with E-state index in [2.05, 4.69) is 41.4 Å². The lowest BCUT2D eigenvalue weighted by Crippen LogP contribution is -2.51. The van der Waals surface area contributed by atoms with Crippen LogP contribution in [0.1, 0.15) is 25.3 Å². The van der Waals surface area contributed by atoms with Crippen molar-refractivity contribution in [2.24, 2.45) is 5.92 Å². The predicted molar refractivity (Wildman–Crippen MR) is 99.1 cm³/mol. The summed E-state index contributed by atoms with van der Waals surface area (Å²) < 4.78 is 5.28. The van der Waals surface area contributed by atoms with Crippen LogP contribution in [-0.4, -0.2) is 54.9 Å². The number of likely N-dealkylation sites (tertiary alicyclic amines) is 1. The van der Waals surface area contributed by atoms with Gasteiger partial charge in [0, 0.05) is 31.1 Å². The molecule has 2 fully saturated rings. The van der Waals surface area contributed by atoms with Crippen molar-refractivity contribution in [2.75, 3.05) is 32.0 Å². The van der Waals surface area contributed by atoms with Crippen LogP contribution in [0.4, 0.5) is 0 Å². The van der Waals surface area contributed by atoms with E-state index in [0.29, 0.717) is 12.0 Å². The maximum Gasteiger partial charge on any atom is 0.240 e. The van der Waals surface area contributed by atoms with E-state index in [4.69, 9.17) is 4.74 Å². The van der Waals surface area contributed by atoms with Crippen molar-refractivity contribution in [2.45, 2.75) is 37.7 Å². The van der Waals surface area contributed by atoms with Gasteiger partial charge in [-0.25, -0.2) is 0 Å². The van der Waals surface area contributed by atoms with E-state index in [1.807, 2.05) is 17.8 Å². The Morgan fingerprint density at radius 3 is 2.92 bits per heavy atom. The van der Waals surface area contributed by atoms with Gasteiger partial charge in [-0.05, 0) is 24.3 Å². The minimum absolute atomic E-state index is 0.104. The second kappa shape index (κ2) is 8.88. The standard InChI is InChI=1S/C19H28N2O2S/c1-15-6-5-9-21(11-15)19(22)18(20-10-17-12-23-17)14-24-13-16-7-3-2-4-8-16/h2-4,7-8,15,17-18,20H,5-6,9-14H2,1H3. The monoisotopic (exact) mass is 348 g/mol. The number of thioether (sulfide) groups is 1. The molecular formula is C19H28N2O2S. The van der Waals surface area contributed by atoms with Crippen molar-refractivity contribution in [1.29, 1.82) is 0 Å². The van der Waals surface area contributed by atoms with Crippen LogP contribution in [-0.2, 0) is 15.3 Å². The molecule has 3 rings (SSSR count). The number of nitrogens with zero attached hydrogens (tertiary/aromatic N) is 1. The van der Waals surface area contributed by atoms with Gasteiger partial charge < -0.3 is 15.0 Å². The summed E-state index contributed by atoms with van der Waals surface area (Å²) in [5, 5.41) is 3.44. The van der Waals surface area contributed by atoms with Gasteiger partial charge >= 0.3 is 0 Å². The highest BCUT2D eigenvalue weighted by Crippen LogP contribution is 2.19. The molecule has 1 aromatic carbocycles. The number of hydrogen-bond donors (Lipinski definition) is 1. The van der Waals surface area contributed by atoms with E-state index >= 15 is 0 Å². The molecule has 3 atom stereocenters. The number of rotatable bonds is 8. The predicted octanol–water partition coefficient (Wildman–Crippen LogP) is 2.54. The third kappa shape index (κ3) is 5.50. The smallest absolute Gasteiger partial charge is 0.240 e. The topological polar surface area (TPSA) is 44.9 Å². The summed E-state index contributed by atoms with van der Waals surface area (Å²) in [6.07, 6.45) is 2.67. The highest BCUT2D eigenvalue weighted by Gasteiger charge is 2.30. The Bertz CT molecular complexity index is 521. The van der Waals surface area contributed by atoms with Crippen LogP contribution in [0.3, 0.4) is 0 Å². The molecule has 0 radical (unpaired) electrons. The van der Waals surface area contributed by atoms with Crippen LogP contribution in [0, 0.1) is 5.92 Å². The minimum atomic E-state index is -0.104. The number of carbonyl (C=O) groups is 1. The van der Waals surface area contributed by atoms with Crippen LogP contribution in [0.25, 0.3) is 0 Å². The number of piperidine rings is 1. The number of benzene rings is 1. The summed E-state index contributed by atoms with van der Waals surface area (Å²) in [6, 6.07) is 10.3. The van der Waals surface area contributed by atoms with Crippen molar-refractivity contribution < 1.29 is 9.53 Å². The third-order valence-corrected chi connectivity index (χ3v) is 5.76. The average molecular weight is 349 g/mol. The van der Waals surface area contributed by atoms with Crippen molar-refractivity contribution in [3.63, 3.8) is 0 Å². The molecule has 132 valence electrons. The lowest BCUT2D eigenvalue weighted by molar-refractivity contribution is -0.134. The summed E-state index contributed by atoms with van der Waals surface area (Å²) in [5.41, 5.74) is 1.31. The van der Waals surface area contributed by atoms with Gasteiger partial charge in [0.05, 0.1) is 18.8 Å². The fraction of sp³-hybridized carbons (Fsp3) is 0.632.